The van der Waals surface area contributed by atoms with E-state index in [9.17, 15) is 4.79 Å². The topological polar surface area (TPSA) is 61.6 Å². The van der Waals surface area contributed by atoms with Crippen LogP contribution in [-0.4, -0.2) is 43.5 Å². The lowest BCUT2D eigenvalue weighted by Crippen LogP contribution is -2.47. The smallest absolute Gasteiger partial charge is 0.228 e. The Kier molecular flexibility index (Phi) is 6.25. The van der Waals surface area contributed by atoms with Crippen molar-refractivity contribution >= 4 is 28.9 Å². The van der Waals surface area contributed by atoms with Gasteiger partial charge >= 0.3 is 0 Å². The van der Waals surface area contributed by atoms with Crippen molar-refractivity contribution in [2.24, 2.45) is 0 Å². The predicted molar refractivity (Wildman–Crippen MR) is 135 cm³/mol. The molecule has 1 fully saturated rings. The molecule has 5 rings (SSSR count). The second-order valence-corrected chi connectivity index (χ2v) is 9.29. The Morgan fingerprint density at radius 1 is 0.879 bits per heavy atom. The van der Waals surface area contributed by atoms with Crippen LogP contribution in [-0.2, 0) is 4.79 Å². The summed E-state index contributed by atoms with van der Waals surface area (Å²) in [6.07, 6.45) is 0.798. The summed E-state index contributed by atoms with van der Waals surface area (Å²) in [7, 11) is 0. The first kappa shape index (κ1) is 21.8. The number of fused-ring (bicyclic) bond motifs is 1. The highest BCUT2D eigenvalue weighted by atomic mass is 35.5. The van der Waals surface area contributed by atoms with E-state index in [0.29, 0.717) is 10.7 Å². The van der Waals surface area contributed by atoms with Crippen molar-refractivity contribution in [2.75, 3.05) is 43.4 Å². The van der Waals surface area contributed by atoms with Gasteiger partial charge in [-0.15, -0.1) is 0 Å². The zero-order valence-electron chi connectivity index (χ0n) is 18.6. The van der Waals surface area contributed by atoms with Crippen LogP contribution in [0.15, 0.2) is 72.8 Å². The molecule has 2 aliphatic heterocycles. The van der Waals surface area contributed by atoms with Gasteiger partial charge in [0.25, 0.3) is 0 Å². The maximum atomic E-state index is 13.2. The number of nitrogens with zero attached hydrogens (tertiary/aromatic N) is 2. The van der Waals surface area contributed by atoms with Crippen LogP contribution >= 0.6 is 11.6 Å². The van der Waals surface area contributed by atoms with Crippen LogP contribution in [0.5, 0.6) is 0 Å². The summed E-state index contributed by atoms with van der Waals surface area (Å²) in [6.45, 7) is 4.93. The van der Waals surface area contributed by atoms with Gasteiger partial charge in [0.15, 0.2) is 0 Å². The third-order valence-electron chi connectivity index (χ3n) is 6.87. The monoisotopic (exact) mass is 460 g/mol. The van der Waals surface area contributed by atoms with E-state index in [2.05, 4.69) is 57.6 Å². The maximum Gasteiger partial charge on any atom is 0.228 e. The predicted octanol–water partition coefficient (Wildman–Crippen LogP) is 4.44. The van der Waals surface area contributed by atoms with Crippen LogP contribution in [0, 0.1) is 0 Å². The first-order chi connectivity index (χ1) is 16.1. The molecule has 0 aliphatic carbocycles. The number of nitrogen functional groups attached to an aromatic ring is 1. The third kappa shape index (κ3) is 4.56. The number of hydrogen-bond acceptors (Lipinski definition) is 4. The van der Waals surface area contributed by atoms with Crippen LogP contribution in [0.1, 0.15) is 35.1 Å². The number of nitrogens with one attached hydrogen (secondary N) is 1. The summed E-state index contributed by atoms with van der Waals surface area (Å²) < 4.78 is 0. The van der Waals surface area contributed by atoms with Gasteiger partial charge in [-0.3, -0.25) is 9.69 Å². The van der Waals surface area contributed by atoms with E-state index in [1.165, 1.54) is 5.69 Å². The van der Waals surface area contributed by atoms with Gasteiger partial charge in [-0.2, -0.15) is 0 Å². The molecule has 6 heteroatoms. The number of carbonyl (C=O) groups is 1. The van der Waals surface area contributed by atoms with Crippen LogP contribution in [0.25, 0.3) is 0 Å². The second-order valence-electron chi connectivity index (χ2n) is 8.85. The number of halogens is 1. The number of amides is 1. The summed E-state index contributed by atoms with van der Waals surface area (Å²) in [5, 5.41) is 3.83. The molecule has 5 nitrogen and oxygen atoms in total. The number of para-hydroxylation sites is 1. The van der Waals surface area contributed by atoms with Gasteiger partial charge in [-0.1, -0.05) is 54.1 Å². The van der Waals surface area contributed by atoms with Crippen LogP contribution in [0.3, 0.4) is 0 Å². The van der Waals surface area contributed by atoms with Gasteiger partial charge in [0.05, 0.1) is 12.0 Å². The highest BCUT2D eigenvalue weighted by Crippen LogP contribution is 2.38. The van der Waals surface area contributed by atoms with E-state index in [1.54, 1.807) is 12.1 Å². The van der Waals surface area contributed by atoms with Gasteiger partial charge in [0.2, 0.25) is 5.91 Å². The number of nitrogens with two attached hydrogens (primary N) is 1. The minimum Gasteiger partial charge on any atom is -0.398 e. The summed E-state index contributed by atoms with van der Waals surface area (Å²) in [6, 6.07) is 23.9. The molecule has 0 bridgehead atoms. The van der Waals surface area contributed by atoms with Crippen molar-refractivity contribution in [3.63, 3.8) is 0 Å². The van der Waals surface area contributed by atoms with Gasteiger partial charge in [-0.05, 0) is 54.4 Å². The van der Waals surface area contributed by atoms with E-state index >= 15 is 0 Å². The maximum absolute atomic E-state index is 13.2. The Balaban J connectivity index is 1.28. The first-order valence-electron chi connectivity index (χ1n) is 11.6. The fourth-order valence-electron chi connectivity index (χ4n) is 5.06. The van der Waals surface area contributed by atoms with Gasteiger partial charge in [0, 0.05) is 48.1 Å². The molecule has 170 valence electrons. The fraction of sp³-hybridized carbons (Fsp3) is 0.296. The van der Waals surface area contributed by atoms with E-state index in [1.807, 2.05) is 18.2 Å². The lowest BCUT2D eigenvalue weighted by Gasteiger charge is -2.37. The number of carbonyl (C=O) groups excluding carboxylic acids is 1. The number of rotatable bonds is 5. The fourth-order valence-corrected chi connectivity index (χ4v) is 5.24. The largest absolute Gasteiger partial charge is 0.398 e. The number of anilines is 2. The summed E-state index contributed by atoms with van der Waals surface area (Å²) in [5.41, 5.74) is 11.2. The minimum absolute atomic E-state index is 0.0565. The van der Waals surface area contributed by atoms with Gasteiger partial charge in [-0.25, -0.2) is 0 Å². The normalized spacial score (nSPS) is 20.9. The third-order valence-corrected chi connectivity index (χ3v) is 7.11. The standard InChI is InChI=1S/C27H29ClN4O/c28-19-10-11-25(29)24(18-19)26-22-9-5-4-8-21(22)23(27(33)30-26)12-13-31-14-16-32(17-15-31)20-6-2-1-3-7-20/h1-11,18,23,26H,12-17,29H2,(H,30,33). The molecular formula is C27H29ClN4O. The Morgan fingerprint density at radius 3 is 2.33 bits per heavy atom. The van der Waals surface area contributed by atoms with Crippen LogP contribution in [0.2, 0.25) is 5.02 Å². The van der Waals surface area contributed by atoms with Crippen molar-refractivity contribution in [1.29, 1.82) is 0 Å². The average molecular weight is 461 g/mol. The molecule has 0 spiro atoms. The van der Waals surface area contributed by atoms with Crippen molar-refractivity contribution < 1.29 is 4.79 Å². The highest BCUT2D eigenvalue weighted by molar-refractivity contribution is 6.30. The molecule has 1 saturated heterocycles. The quantitative estimate of drug-likeness (QED) is 0.553. The number of hydrogen-bond donors (Lipinski definition) is 2. The molecule has 3 aromatic rings. The molecule has 2 atom stereocenters. The van der Waals surface area contributed by atoms with Crippen molar-refractivity contribution in [3.8, 4) is 0 Å². The molecule has 2 aliphatic rings. The van der Waals surface area contributed by atoms with Crippen LogP contribution < -0.4 is 16.0 Å². The molecule has 3 aromatic carbocycles. The van der Waals surface area contributed by atoms with E-state index in [4.69, 9.17) is 17.3 Å². The van der Waals surface area contributed by atoms with E-state index in [-0.39, 0.29) is 17.9 Å². The lowest BCUT2D eigenvalue weighted by molar-refractivity contribution is -0.124. The highest BCUT2D eigenvalue weighted by Gasteiger charge is 2.34. The molecule has 2 heterocycles. The zero-order valence-corrected chi connectivity index (χ0v) is 19.3. The molecule has 2 unspecified atom stereocenters. The molecule has 1 amide bonds. The van der Waals surface area contributed by atoms with Crippen molar-refractivity contribution in [3.05, 3.63) is 94.5 Å². The van der Waals surface area contributed by atoms with Gasteiger partial charge < -0.3 is 16.0 Å². The molecule has 0 radical (unpaired) electrons. The van der Waals surface area contributed by atoms with Crippen molar-refractivity contribution in [2.45, 2.75) is 18.4 Å². The summed E-state index contributed by atoms with van der Waals surface area (Å²) >= 11 is 6.24. The molecule has 0 saturated carbocycles. The average Bonchev–Trinajstić information content (AvgIpc) is 2.85. The number of piperazine rings is 1. The molecular weight excluding hydrogens is 432 g/mol. The second kappa shape index (κ2) is 9.46. The Bertz CT molecular complexity index is 1130. The zero-order chi connectivity index (χ0) is 22.8. The minimum atomic E-state index is -0.280. The van der Waals surface area contributed by atoms with Crippen molar-refractivity contribution in [1.82, 2.24) is 10.2 Å². The van der Waals surface area contributed by atoms with E-state index in [0.717, 1.165) is 55.8 Å². The van der Waals surface area contributed by atoms with Crippen LogP contribution in [0.4, 0.5) is 11.4 Å². The first-order valence-corrected chi connectivity index (χ1v) is 11.9. The summed E-state index contributed by atoms with van der Waals surface area (Å²) in [5.74, 6) is -0.106. The Hall–Kier alpha value is -3.02. The SMILES string of the molecule is Nc1ccc(Cl)cc1C1NC(=O)C(CCN2CCN(c3ccccc3)CC2)c2ccccc21. The lowest BCUT2D eigenvalue weighted by atomic mass is 9.81. The Labute approximate surface area is 200 Å². The molecule has 0 aromatic heterocycles. The summed E-state index contributed by atoms with van der Waals surface area (Å²) in [4.78, 5) is 18.1. The van der Waals surface area contributed by atoms with E-state index < -0.39 is 0 Å². The van der Waals surface area contributed by atoms with Gasteiger partial charge in [0.1, 0.15) is 0 Å². The molecule has 3 N–H and O–H groups in total. The number of benzene rings is 3. The Morgan fingerprint density at radius 2 is 1.58 bits per heavy atom. The molecule has 33 heavy (non-hydrogen) atoms.